The van der Waals surface area contributed by atoms with Crippen molar-refractivity contribution in [2.75, 3.05) is 0 Å². The summed E-state index contributed by atoms with van der Waals surface area (Å²) in [5.41, 5.74) is -1.44. The minimum absolute atomic E-state index is 0.0206. The highest BCUT2D eigenvalue weighted by molar-refractivity contribution is 5.68. The largest absolute Gasteiger partial charge is 0.516 e. The van der Waals surface area contributed by atoms with E-state index in [1.54, 1.807) is 0 Å². The van der Waals surface area contributed by atoms with Crippen LogP contribution in [0.3, 0.4) is 0 Å². The molecule has 0 bridgehead atoms. The van der Waals surface area contributed by atoms with Crippen LogP contribution in [0.1, 0.15) is 46.5 Å². The number of carbonyl (C=O) groups excluding carboxylic acids is 1. The Labute approximate surface area is 108 Å². The number of nitrogens with one attached hydrogen (secondary N) is 1. The molecule has 1 amide bonds. The van der Waals surface area contributed by atoms with Crippen LogP contribution < -0.4 is 5.32 Å². The van der Waals surface area contributed by atoms with Gasteiger partial charge in [0.1, 0.15) is 5.60 Å². The summed E-state index contributed by atoms with van der Waals surface area (Å²) < 4.78 is 5.17. The fourth-order valence-electron chi connectivity index (χ4n) is 2.04. The lowest BCUT2D eigenvalue weighted by molar-refractivity contribution is 0.0286. The third kappa shape index (κ3) is 4.96. The Balaban J connectivity index is 2.38. The molecule has 1 saturated carbocycles. The summed E-state index contributed by atoms with van der Waals surface area (Å²) in [4.78, 5) is 11.6. The van der Waals surface area contributed by atoms with Crippen molar-refractivity contribution in [3.8, 4) is 0 Å². The summed E-state index contributed by atoms with van der Waals surface area (Å²) in [6.45, 7) is 5.45. The van der Waals surface area contributed by atoms with E-state index in [2.05, 4.69) is 5.32 Å². The maximum atomic E-state index is 11.6. The monoisotopic (exact) mass is 257 g/mol. The van der Waals surface area contributed by atoms with Crippen LogP contribution in [0.15, 0.2) is 12.3 Å². The number of hydrogen-bond acceptors (Lipinski definition) is 4. The molecule has 0 aliphatic heterocycles. The van der Waals surface area contributed by atoms with Crippen LogP contribution in [0, 0.1) is 0 Å². The molecule has 5 nitrogen and oxygen atoms in total. The Morgan fingerprint density at radius 1 is 1.39 bits per heavy atom. The highest BCUT2D eigenvalue weighted by Crippen LogP contribution is 2.29. The molecule has 0 spiro atoms. The van der Waals surface area contributed by atoms with Crippen LogP contribution in [-0.2, 0) is 4.74 Å². The zero-order chi connectivity index (χ0) is 13.8. The zero-order valence-electron chi connectivity index (χ0n) is 11.3. The molecule has 0 aromatic carbocycles. The van der Waals surface area contributed by atoms with E-state index in [4.69, 9.17) is 9.84 Å². The summed E-state index contributed by atoms with van der Waals surface area (Å²) in [6, 6.07) is 0.0206. The average molecular weight is 257 g/mol. The predicted molar refractivity (Wildman–Crippen MR) is 68.3 cm³/mol. The Morgan fingerprint density at radius 3 is 2.39 bits per heavy atom. The SMILES string of the molecule is CC(C)(C)OC(=O)NC1CCC(O)(/C=C/O)CC1. The first kappa shape index (κ1) is 14.8. The minimum atomic E-state index is -0.944. The van der Waals surface area contributed by atoms with E-state index in [9.17, 15) is 9.90 Å². The van der Waals surface area contributed by atoms with Crippen LogP contribution in [0.2, 0.25) is 0 Å². The van der Waals surface area contributed by atoms with E-state index < -0.39 is 17.3 Å². The van der Waals surface area contributed by atoms with Gasteiger partial charge in [-0.3, -0.25) is 0 Å². The second-order valence-corrected chi connectivity index (χ2v) is 5.84. The molecular formula is C13H23NO4. The van der Waals surface area contributed by atoms with Crippen molar-refractivity contribution in [1.29, 1.82) is 0 Å². The molecule has 104 valence electrons. The number of aliphatic hydroxyl groups excluding tert-OH is 1. The summed E-state index contributed by atoms with van der Waals surface area (Å²) >= 11 is 0. The van der Waals surface area contributed by atoms with Gasteiger partial charge < -0.3 is 20.3 Å². The summed E-state index contributed by atoms with van der Waals surface area (Å²) in [5.74, 6) is 0. The number of rotatable bonds is 2. The summed E-state index contributed by atoms with van der Waals surface area (Å²) in [5, 5.41) is 21.5. The van der Waals surface area contributed by atoms with Crippen molar-refractivity contribution < 1.29 is 19.7 Å². The lowest BCUT2D eigenvalue weighted by Gasteiger charge is -2.34. The van der Waals surface area contributed by atoms with Crippen molar-refractivity contribution in [3.05, 3.63) is 12.3 Å². The number of alkyl carbamates (subject to hydrolysis) is 1. The first-order valence-electron chi connectivity index (χ1n) is 6.28. The predicted octanol–water partition coefficient (Wildman–Crippen LogP) is 2.26. The van der Waals surface area contributed by atoms with Crippen molar-refractivity contribution in [3.63, 3.8) is 0 Å². The number of carbonyl (C=O) groups is 1. The average Bonchev–Trinajstić information content (AvgIpc) is 2.19. The van der Waals surface area contributed by atoms with Gasteiger partial charge in [0.25, 0.3) is 0 Å². The van der Waals surface area contributed by atoms with Gasteiger partial charge in [-0.05, 0) is 52.5 Å². The minimum Gasteiger partial charge on any atom is -0.516 e. The van der Waals surface area contributed by atoms with Crippen molar-refractivity contribution in [2.24, 2.45) is 0 Å². The topological polar surface area (TPSA) is 78.8 Å². The number of aliphatic hydroxyl groups is 2. The molecule has 1 rings (SSSR count). The van der Waals surface area contributed by atoms with Crippen LogP contribution in [0.5, 0.6) is 0 Å². The molecule has 0 atom stereocenters. The van der Waals surface area contributed by atoms with Crippen LogP contribution in [-0.4, -0.2) is 33.6 Å². The first-order chi connectivity index (χ1) is 8.24. The second-order valence-electron chi connectivity index (χ2n) is 5.84. The fraction of sp³-hybridized carbons (Fsp3) is 0.769. The van der Waals surface area contributed by atoms with Gasteiger partial charge >= 0.3 is 6.09 Å². The molecule has 0 heterocycles. The van der Waals surface area contributed by atoms with Crippen LogP contribution in [0.4, 0.5) is 4.79 Å². The molecule has 5 heteroatoms. The van der Waals surface area contributed by atoms with E-state index in [-0.39, 0.29) is 6.04 Å². The van der Waals surface area contributed by atoms with Gasteiger partial charge in [-0.25, -0.2) is 4.79 Å². The summed E-state index contributed by atoms with van der Waals surface area (Å²) in [6.07, 6.45) is 4.23. The van der Waals surface area contributed by atoms with E-state index in [0.717, 1.165) is 6.26 Å². The van der Waals surface area contributed by atoms with Gasteiger partial charge in [-0.15, -0.1) is 0 Å². The molecule has 0 unspecified atom stereocenters. The van der Waals surface area contributed by atoms with Gasteiger partial charge in [-0.1, -0.05) is 0 Å². The standard InChI is InChI=1S/C13H23NO4/c1-12(2,3)18-11(16)14-10-4-6-13(17,7-5-10)8-9-15/h8-10,15,17H,4-7H2,1-3H3,(H,14,16)/b9-8+. The number of hydrogen-bond donors (Lipinski definition) is 3. The van der Waals surface area contributed by atoms with Crippen molar-refractivity contribution in [2.45, 2.75) is 63.7 Å². The Hall–Kier alpha value is -1.23. The van der Waals surface area contributed by atoms with Crippen LogP contribution >= 0.6 is 0 Å². The van der Waals surface area contributed by atoms with E-state index in [0.29, 0.717) is 25.7 Å². The highest BCUT2D eigenvalue weighted by Gasteiger charge is 2.32. The molecule has 0 radical (unpaired) electrons. The van der Waals surface area contributed by atoms with E-state index in [1.165, 1.54) is 6.08 Å². The van der Waals surface area contributed by atoms with E-state index in [1.807, 2.05) is 20.8 Å². The quantitative estimate of drug-likeness (QED) is 0.663. The maximum absolute atomic E-state index is 11.6. The maximum Gasteiger partial charge on any atom is 0.407 e. The molecule has 1 aliphatic carbocycles. The molecule has 0 aromatic rings. The zero-order valence-corrected chi connectivity index (χ0v) is 11.3. The van der Waals surface area contributed by atoms with Gasteiger partial charge in [0.15, 0.2) is 0 Å². The smallest absolute Gasteiger partial charge is 0.407 e. The molecular weight excluding hydrogens is 234 g/mol. The lowest BCUT2D eigenvalue weighted by atomic mass is 9.82. The van der Waals surface area contributed by atoms with Gasteiger partial charge in [0, 0.05) is 6.04 Å². The molecule has 0 aromatic heterocycles. The molecule has 1 fully saturated rings. The Morgan fingerprint density at radius 2 is 1.94 bits per heavy atom. The Bertz CT molecular complexity index is 311. The fourth-order valence-corrected chi connectivity index (χ4v) is 2.04. The molecule has 0 saturated heterocycles. The van der Waals surface area contributed by atoms with Crippen LogP contribution in [0.25, 0.3) is 0 Å². The van der Waals surface area contributed by atoms with Gasteiger partial charge in [0.05, 0.1) is 11.9 Å². The molecule has 3 N–H and O–H groups in total. The highest BCUT2D eigenvalue weighted by atomic mass is 16.6. The third-order valence-electron chi connectivity index (χ3n) is 2.96. The lowest BCUT2D eigenvalue weighted by Crippen LogP contribution is -2.44. The molecule has 18 heavy (non-hydrogen) atoms. The number of amides is 1. The van der Waals surface area contributed by atoms with E-state index >= 15 is 0 Å². The second kappa shape index (κ2) is 5.61. The third-order valence-corrected chi connectivity index (χ3v) is 2.96. The van der Waals surface area contributed by atoms with Gasteiger partial charge in [-0.2, -0.15) is 0 Å². The molecule has 1 aliphatic rings. The Kier molecular flexibility index (Phi) is 4.62. The summed E-state index contributed by atoms with van der Waals surface area (Å²) in [7, 11) is 0. The van der Waals surface area contributed by atoms with Crippen molar-refractivity contribution >= 4 is 6.09 Å². The first-order valence-corrected chi connectivity index (χ1v) is 6.28. The van der Waals surface area contributed by atoms with Crippen molar-refractivity contribution in [1.82, 2.24) is 5.32 Å². The number of ether oxygens (including phenoxy) is 1. The normalized spacial score (nSPS) is 29.2. The van der Waals surface area contributed by atoms with Gasteiger partial charge in [0.2, 0.25) is 0 Å².